The number of fused-ring (bicyclic) bond motifs is 2. The Morgan fingerprint density at radius 2 is 1.68 bits per heavy atom. The van der Waals surface area contributed by atoms with Gasteiger partial charge in [0, 0.05) is 5.56 Å². The normalized spacial score (nSPS) is 13.4. The van der Waals surface area contributed by atoms with Gasteiger partial charge in [0.15, 0.2) is 5.78 Å². The van der Waals surface area contributed by atoms with Crippen molar-refractivity contribution in [2.75, 3.05) is 0 Å². The average Bonchev–Trinajstić information content (AvgIpc) is 2.36. The van der Waals surface area contributed by atoms with Gasteiger partial charge in [-0.1, -0.05) is 0 Å². The Bertz CT molecular complexity index is 775. The van der Waals surface area contributed by atoms with Crippen LogP contribution in [-0.2, 0) is 10.1 Å². The van der Waals surface area contributed by atoms with E-state index in [0.29, 0.717) is 11.3 Å². The molecule has 0 amide bonds. The molecule has 96 valence electrons. The van der Waals surface area contributed by atoms with Crippen LogP contribution in [0.2, 0.25) is 0 Å². The molecule has 19 heavy (non-hydrogen) atoms. The quantitative estimate of drug-likeness (QED) is 0.689. The van der Waals surface area contributed by atoms with E-state index in [2.05, 4.69) is 0 Å². The number of carbonyl (C=O) groups is 1. The van der Waals surface area contributed by atoms with Crippen LogP contribution in [0.4, 0.5) is 0 Å². The zero-order chi connectivity index (χ0) is 13.6. The number of ketones is 1. The molecule has 4 rings (SSSR count). The van der Waals surface area contributed by atoms with Crippen molar-refractivity contribution < 1.29 is 22.5 Å². The fourth-order valence-electron chi connectivity index (χ4n) is 1.89. The van der Waals surface area contributed by atoms with Crippen LogP contribution >= 0.6 is 0 Å². The third kappa shape index (κ3) is 2.00. The van der Waals surface area contributed by atoms with Crippen molar-refractivity contribution in [3.8, 4) is 11.5 Å². The largest absolute Gasteiger partial charge is 0.457 e. The summed E-state index contributed by atoms with van der Waals surface area (Å²) in [5.41, 5.74) is 0.539. The molecule has 2 aliphatic rings. The lowest BCUT2D eigenvalue weighted by Crippen LogP contribution is -2.08. The fourth-order valence-corrected chi connectivity index (χ4v) is 2.40. The Kier molecular flexibility index (Phi) is 2.44. The highest BCUT2D eigenvalue weighted by molar-refractivity contribution is 7.85. The summed E-state index contributed by atoms with van der Waals surface area (Å²) in [6, 6.07) is 10.2. The van der Waals surface area contributed by atoms with Gasteiger partial charge < -0.3 is 4.74 Å². The minimum atomic E-state index is -4.35. The Morgan fingerprint density at radius 1 is 1.00 bits per heavy atom. The number of hydrogen-bond donors (Lipinski definition) is 1. The highest BCUT2D eigenvalue weighted by atomic mass is 32.2. The summed E-state index contributed by atoms with van der Waals surface area (Å²) in [5, 5.41) is 0. The lowest BCUT2D eigenvalue weighted by atomic mass is 10.0. The smallest absolute Gasteiger partial charge is 0.294 e. The summed E-state index contributed by atoms with van der Waals surface area (Å²) in [7, 11) is -4.35. The molecule has 0 unspecified atom stereocenters. The zero-order valence-electron chi connectivity index (χ0n) is 9.53. The number of ether oxygens (including phenoxy) is 1. The third-order valence-electron chi connectivity index (χ3n) is 2.84. The molecule has 0 saturated heterocycles. The van der Waals surface area contributed by atoms with Crippen molar-refractivity contribution in [3.63, 3.8) is 0 Å². The molecule has 1 N–H and O–H groups in total. The van der Waals surface area contributed by atoms with Crippen molar-refractivity contribution >= 4 is 15.9 Å². The number of rotatable bonds is 1. The van der Waals surface area contributed by atoms with E-state index >= 15 is 0 Å². The van der Waals surface area contributed by atoms with Crippen molar-refractivity contribution in [3.05, 3.63) is 53.6 Å². The summed E-state index contributed by atoms with van der Waals surface area (Å²) in [6.07, 6.45) is 0. The first-order valence-electron chi connectivity index (χ1n) is 5.39. The molecule has 2 aromatic rings. The van der Waals surface area contributed by atoms with E-state index in [1.807, 2.05) is 0 Å². The molecule has 2 heterocycles. The molecule has 0 saturated carbocycles. The lowest BCUT2D eigenvalue weighted by molar-refractivity contribution is 0.103. The molecule has 0 spiro atoms. The van der Waals surface area contributed by atoms with Crippen LogP contribution in [-0.4, -0.2) is 18.8 Å². The standard InChI is InChI=1S/C13H8O5S/c14-13-8-1-3-9(4-2-8)18-12-6-5-10(7-11(12)13)19(15,16)17/h1-7H,(H,15,16,17). The van der Waals surface area contributed by atoms with Gasteiger partial charge in [-0.2, -0.15) is 8.42 Å². The summed E-state index contributed by atoms with van der Waals surface area (Å²) in [6.45, 7) is 0. The molecule has 2 aromatic carbocycles. The van der Waals surface area contributed by atoms with Gasteiger partial charge >= 0.3 is 0 Å². The van der Waals surface area contributed by atoms with Gasteiger partial charge in [-0.25, -0.2) is 0 Å². The van der Waals surface area contributed by atoms with E-state index in [9.17, 15) is 13.2 Å². The van der Waals surface area contributed by atoms with E-state index in [4.69, 9.17) is 9.29 Å². The maximum Gasteiger partial charge on any atom is 0.294 e. The molecule has 0 fully saturated rings. The molecular weight excluding hydrogens is 268 g/mol. The SMILES string of the molecule is O=C1c2ccc(cc2)Oc2ccc(S(=O)(=O)O)cc21. The lowest BCUT2D eigenvalue weighted by Gasteiger charge is -2.15. The molecule has 0 radical (unpaired) electrons. The second-order valence-electron chi connectivity index (χ2n) is 4.09. The van der Waals surface area contributed by atoms with Gasteiger partial charge in [-0.15, -0.1) is 0 Å². The summed E-state index contributed by atoms with van der Waals surface area (Å²) in [4.78, 5) is 11.9. The van der Waals surface area contributed by atoms with Gasteiger partial charge in [0.2, 0.25) is 0 Å². The van der Waals surface area contributed by atoms with Crippen molar-refractivity contribution in [2.45, 2.75) is 4.90 Å². The second-order valence-corrected chi connectivity index (χ2v) is 5.51. The second kappa shape index (κ2) is 3.91. The summed E-state index contributed by atoms with van der Waals surface area (Å²) >= 11 is 0. The molecule has 5 nitrogen and oxygen atoms in total. The topological polar surface area (TPSA) is 80.7 Å². The number of carbonyl (C=O) groups excluding carboxylic acids is 1. The predicted molar refractivity (Wildman–Crippen MR) is 66.2 cm³/mol. The summed E-state index contributed by atoms with van der Waals surface area (Å²) in [5.74, 6) is 0.461. The molecule has 6 heteroatoms. The van der Waals surface area contributed by atoms with E-state index in [1.165, 1.54) is 12.1 Å². The maximum atomic E-state index is 12.2. The Balaban J connectivity index is 2.24. The maximum absolute atomic E-state index is 12.2. The zero-order valence-corrected chi connectivity index (χ0v) is 10.3. The first kappa shape index (κ1) is 11.9. The Hall–Kier alpha value is -2.18. The first-order chi connectivity index (χ1) is 8.95. The number of benzene rings is 2. The van der Waals surface area contributed by atoms with Gasteiger partial charge in [-0.05, 0) is 42.5 Å². The van der Waals surface area contributed by atoms with Crippen molar-refractivity contribution in [1.29, 1.82) is 0 Å². The Morgan fingerprint density at radius 3 is 2.32 bits per heavy atom. The van der Waals surface area contributed by atoms with Gasteiger partial charge in [0.05, 0.1) is 10.5 Å². The van der Waals surface area contributed by atoms with Gasteiger partial charge in [-0.3, -0.25) is 9.35 Å². The fraction of sp³-hybridized carbons (Fsp3) is 0. The van der Waals surface area contributed by atoms with Gasteiger partial charge in [0.1, 0.15) is 11.5 Å². The van der Waals surface area contributed by atoms with Crippen LogP contribution in [0.25, 0.3) is 0 Å². The average molecular weight is 276 g/mol. The minimum Gasteiger partial charge on any atom is -0.457 e. The van der Waals surface area contributed by atoms with Crippen LogP contribution in [0.1, 0.15) is 15.9 Å². The predicted octanol–water partition coefficient (Wildman–Crippen LogP) is 2.27. The van der Waals surface area contributed by atoms with Gasteiger partial charge in [0.25, 0.3) is 10.1 Å². The molecule has 2 bridgehead atoms. The molecule has 2 aliphatic heterocycles. The van der Waals surface area contributed by atoms with Crippen LogP contribution in [0.5, 0.6) is 11.5 Å². The van der Waals surface area contributed by atoms with Crippen LogP contribution in [0, 0.1) is 0 Å². The minimum absolute atomic E-state index is 0.108. The van der Waals surface area contributed by atoms with E-state index in [-0.39, 0.29) is 22.0 Å². The summed E-state index contributed by atoms with van der Waals surface area (Å²) < 4.78 is 36.7. The molecule has 0 aromatic heterocycles. The van der Waals surface area contributed by atoms with E-state index in [0.717, 1.165) is 6.07 Å². The molecule has 0 atom stereocenters. The van der Waals surface area contributed by atoms with Crippen LogP contribution in [0.3, 0.4) is 0 Å². The Labute approximate surface area is 109 Å². The first-order valence-corrected chi connectivity index (χ1v) is 6.83. The third-order valence-corrected chi connectivity index (χ3v) is 3.69. The highest BCUT2D eigenvalue weighted by Crippen LogP contribution is 2.32. The van der Waals surface area contributed by atoms with E-state index in [1.54, 1.807) is 24.3 Å². The molecule has 0 aliphatic carbocycles. The highest BCUT2D eigenvalue weighted by Gasteiger charge is 2.21. The monoisotopic (exact) mass is 276 g/mol. The van der Waals surface area contributed by atoms with Crippen LogP contribution in [0.15, 0.2) is 47.4 Å². The van der Waals surface area contributed by atoms with Crippen molar-refractivity contribution in [1.82, 2.24) is 0 Å². The number of hydrogen-bond acceptors (Lipinski definition) is 4. The van der Waals surface area contributed by atoms with E-state index < -0.39 is 10.1 Å². The van der Waals surface area contributed by atoms with Crippen LogP contribution < -0.4 is 4.74 Å². The molecular formula is C13H8O5S. The van der Waals surface area contributed by atoms with Crippen molar-refractivity contribution in [2.24, 2.45) is 0 Å².